The van der Waals surface area contributed by atoms with Crippen LogP contribution in [0.4, 0.5) is 0 Å². The molecule has 1 aliphatic carbocycles. The number of nitrogens with zero attached hydrogens (tertiary/aromatic N) is 1. The molecule has 1 atom stereocenters. The maximum atomic E-state index is 12.5. The Balaban J connectivity index is 2.20. The molecule has 0 fully saturated rings. The van der Waals surface area contributed by atoms with Crippen LogP contribution >= 0.6 is 0 Å². The summed E-state index contributed by atoms with van der Waals surface area (Å²) in [7, 11) is 3.52. The van der Waals surface area contributed by atoms with E-state index in [1.165, 1.54) is 0 Å². The Morgan fingerprint density at radius 1 is 1.24 bits per heavy atom. The van der Waals surface area contributed by atoms with E-state index in [4.69, 9.17) is 4.74 Å². The van der Waals surface area contributed by atoms with Crippen molar-refractivity contribution in [3.63, 3.8) is 0 Å². The molecular weight excluding hydrogens is 262 g/mol. The van der Waals surface area contributed by atoms with Crippen molar-refractivity contribution in [3.05, 3.63) is 65.1 Å². The van der Waals surface area contributed by atoms with Crippen LogP contribution in [0.15, 0.2) is 59.5 Å². The van der Waals surface area contributed by atoms with Gasteiger partial charge in [0.15, 0.2) is 0 Å². The van der Waals surface area contributed by atoms with Gasteiger partial charge in [0.2, 0.25) is 5.91 Å². The Morgan fingerprint density at radius 3 is 2.62 bits per heavy atom. The predicted octanol–water partition coefficient (Wildman–Crippen LogP) is 3.37. The molecule has 0 aromatic heterocycles. The quantitative estimate of drug-likeness (QED) is 0.832. The lowest BCUT2D eigenvalue weighted by Gasteiger charge is -2.36. The van der Waals surface area contributed by atoms with Gasteiger partial charge >= 0.3 is 0 Å². The van der Waals surface area contributed by atoms with Crippen molar-refractivity contribution < 1.29 is 9.53 Å². The highest BCUT2D eigenvalue weighted by Crippen LogP contribution is 2.42. The van der Waals surface area contributed by atoms with Crippen molar-refractivity contribution in [2.45, 2.75) is 13.3 Å². The first-order chi connectivity index (χ1) is 10.1. The molecule has 0 saturated heterocycles. The van der Waals surface area contributed by atoms with Crippen LogP contribution in [0.5, 0.6) is 0 Å². The van der Waals surface area contributed by atoms with Gasteiger partial charge in [0.25, 0.3) is 0 Å². The summed E-state index contributed by atoms with van der Waals surface area (Å²) >= 11 is 0. The molecule has 0 bridgehead atoms. The number of rotatable bonds is 2. The molecule has 3 heteroatoms. The van der Waals surface area contributed by atoms with E-state index in [0.717, 1.165) is 28.2 Å². The number of hydrogen-bond donors (Lipinski definition) is 0. The minimum Gasteiger partial charge on any atom is -0.497 e. The molecule has 1 aromatic carbocycles. The molecule has 108 valence electrons. The lowest BCUT2D eigenvalue weighted by atomic mass is 9.79. The Labute approximate surface area is 125 Å². The zero-order chi connectivity index (χ0) is 15.0. The molecule has 1 amide bonds. The fraction of sp³-hybridized carbons (Fsp3) is 0.278. The molecule has 3 rings (SSSR count). The van der Waals surface area contributed by atoms with Crippen LogP contribution in [0, 0.1) is 5.92 Å². The monoisotopic (exact) mass is 281 g/mol. The summed E-state index contributed by atoms with van der Waals surface area (Å²) in [5.74, 6) is 0.887. The highest BCUT2D eigenvalue weighted by Gasteiger charge is 2.36. The van der Waals surface area contributed by atoms with Gasteiger partial charge in [0.05, 0.1) is 13.0 Å². The van der Waals surface area contributed by atoms with Crippen molar-refractivity contribution in [2.75, 3.05) is 14.2 Å². The number of allylic oxidation sites excluding steroid dienone is 4. The van der Waals surface area contributed by atoms with Crippen molar-refractivity contribution in [2.24, 2.45) is 5.92 Å². The van der Waals surface area contributed by atoms with Crippen LogP contribution in [-0.2, 0) is 9.53 Å². The largest absolute Gasteiger partial charge is 0.497 e. The third-order valence-electron chi connectivity index (χ3n) is 4.31. The normalized spacial score (nSPS) is 21.8. The van der Waals surface area contributed by atoms with E-state index >= 15 is 0 Å². The Morgan fingerprint density at radius 2 is 1.95 bits per heavy atom. The molecule has 1 aromatic rings. The lowest BCUT2D eigenvalue weighted by Crippen LogP contribution is -2.38. The van der Waals surface area contributed by atoms with Crippen LogP contribution in [0.3, 0.4) is 0 Å². The maximum absolute atomic E-state index is 12.5. The van der Waals surface area contributed by atoms with E-state index in [0.29, 0.717) is 6.42 Å². The summed E-state index contributed by atoms with van der Waals surface area (Å²) in [4.78, 5) is 14.3. The van der Waals surface area contributed by atoms with E-state index < -0.39 is 0 Å². The summed E-state index contributed by atoms with van der Waals surface area (Å²) in [5, 5.41) is 0. The van der Waals surface area contributed by atoms with Gasteiger partial charge in [-0.15, -0.1) is 0 Å². The van der Waals surface area contributed by atoms with Gasteiger partial charge in [-0.2, -0.15) is 0 Å². The topological polar surface area (TPSA) is 29.5 Å². The van der Waals surface area contributed by atoms with Crippen molar-refractivity contribution >= 4 is 11.5 Å². The van der Waals surface area contributed by atoms with E-state index in [1.807, 2.05) is 44.3 Å². The molecule has 2 aliphatic rings. The maximum Gasteiger partial charge on any atom is 0.234 e. The molecule has 1 aliphatic heterocycles. The number of methoxy groups -OCH3 is 1. The molecule has 1 heterocycles. The van der Waals surface area contributed by atoms with Gasteiger partial charge in [0.1, 0.15) is 5.76 Å². The zero-order valence-corrected chi connectivity index (χ0v) is 12.6. The molecule has 21 heavy (non-hydrogen) atoms. The van der Waals surface area contributed by atoms with Crippen LogP contribution < -0.4 is 0 Å². The first-order valence-electron chi connectivity index (χ1n) is 7.13. The first-order valence-corrected chi connectivity index (χ1v) is 7.13. The van der Waals surface area contributed by atoms with Crippen LogP contribution in [-0.4, -0.2) is 25.0 Å². The van der Waals surface area contributed by atoms with Crippen molar-refractivity contribution in [1.29, 1.82) is 0 Å². The second-order valence-corrected chi connectivity index (χ2v) is 5.42. The predicted molar refractivity (Wildman–Crippen MR) is 83.1 cm³/mol. The third kappa shape index (κ3) is 2.19. The van der Waals surface area contributed by atoms with Gasteiger partial charge in [0, 0.05) is 18.3 Å². The van der Waals surface area contributed by atoms with Gasteiger partial charge < -0.3 is 9.64 Å². The highest BCUT2D eigenvalue weighted by atomic mass is 16.5. The van der Waals surface area contributed by atoms with Crippen LogP contribution in [0.1, 0.15) is 18.9 Å². The summed E-state index contributed by atoms with van der Waals surface area (Å²) in [5.41, 5.74) is 4.35. The van der Waals surface area contributed by atoms with E-state index in [1.54, 1.807) is 12.0 Å². The highest BCUT2D eigenvalue weighted by molar-refractivity contribution is 5.98. The van der Waals surface area contributed by atoms with Gasteiger partial charge in [-0.05, 0) is 36.6 Å². The van der Waals surface area contributed by atoms with Gasteiger partial charge in [-0.3, -0.25) is 4.79 Å². The summed E-state index contributed by atoms with van der Waals surface area (Å²) in [6.45, 7) is 2.00. The number of carbonyl (C=O) groups is 1. The molecule has 1 unspecified atom stereocenters. The second-order valence-electron chi connectivity index (χ2n) is 5.42. The molecule has 3 nitrogen and oxygen atoms in total. The van der Waals surface area contributed by atoms with E-state index in [9.17, 15) is 4.79 Å². The fourth-order valence-corrected chi connectivity index (χ4v) is 3.05. The Hall–Kier alpha value is -2.29. The summed E-state index contributed by atoms with van der Waals surface area (Å²) in [6.07, 6.45) is 4.69. The third-order valence-corrected chi connectivity index (χ3v) is 4.31. The van der Waals surface area contributed by atoms with Crippen molar-refractivity contribution in [3.8, 4) is 0 Å². The van der Waals surface area contributed by atoms with Gasteiger partial charge in [-0.1, -0.05) is 30.3 Å². The number of amides is 1. The molecular formula is C18H19NO2. The fourth-order valence-electron chi connectivity index (χ4n) is 3.05. The SMILES string of the molecule is COC1=CCC2C(=O)N(C)C(C)=C(c3ccccc3)C2=C1. The number of ether oxygens (including phenoxy) is 1. The minimum absolute atomic E-state index is 0.104. The molecule has 0 radical (unpaired) electrons. The summed E-state index contributed by atoms with van der Waals surface area (Å²) < 4.78 is 5.36. The number of carbonyl (C=O) groups excluding carboxylic acids is 1. The van der Waals surface area contributed by atoms with E-state index in [-0.39, 0.29) is 11.8 Å². The second kappa shape index (κ2) is 5.24. The number of hydrogen-bond acceptors (Lipinski definition) is 2. The Bertz CT molecular complexity index is 668. The smallest absolute Gasteiger partial charge is 0.234 e. The minimum atomic E-state index is -0.104. The number of benzene rings is 1. The molecule has 0 spiro atoms. The Kier molecular flexibility index (Phi) is 3.42. The zero-order valence-electron chi connectivity index (χ0n) is 12.6. The first kappa shape index (κ1) is 13.7. The van der Waals surface area contributed by atoms with Crippen LogP contribution in [0.2, 0.25) is 0 Å². The number of fused-ring (bicyclic) bond motifs is 1. The van der Waals surface area contributed by atoms with Crippen LogP contribution in [0.25, 0.3) is 5.57 Å². The van der Waals surface area contributed by atoms with Crippen molar-refractivity contribution in [1.82, 2.24) is 4.90 Å². The average Bonchev–Trinajstić information content (AvgIpc) is 2.53. The summed E-state index contributed by atoms with van der Waals surface area (Å²) in [6, 6.07) is 10.2. The lowest BCUT2D eigenvalue weighted by molar-refractivity contribution is -0.131. The molecule has 0 saturated carbocycles. The average molecular weight is 281 g/mol. The van der Waals surface area contributed by atoms with E-state index in [2.05, 4.69) is 12.1 Å². The molecule has 0 N–H and O–H groups in total. The van der Waals surface area contributed by atoms with Gasteiger partial charge in [-0.25, -0.2) is 0 Å². The standard InChI is InChI=1S/C18H19NO2/c1-12-17(13-7-5-4-6-8-13)16-11-14(21-3)9-10-15(16)18(20)19(12)2/h4-9,11,15H,10H2,1-3H3.